The van der Waals surface area contributed by atoms with E-state index in [4.69, 9.17) is 0 Å². The molecule has 0 aliphatic carbocycles. The molecule has 0 radical (unpaired) electrons. The molecule has 0 saturated carbocycles. The first-order valence-electron chi connectivity index (χ1n) is 3.82. The molecule has 0 unspecified atom stereocenters. The average molecular weight is 163 g/mol. The van der Waals surface area contributed by atoms with Crippen LogP contribution in [0.15, 0.2) is 30.7 Å². The fourth-order valence-electron chi connectivity index (χ4n) is 1.18. The number of nitrogens with zero attached hydrogens (tertiary/aromatic N) is 2. The van der Waals surface area contributed by atoms with Gasteiger partial charge in [-0.05, 0) is 18.1 Å². The van der Waals surface area contributed by atoms with Gasteiger partial charge in [0, 0.05) is 18.6 Å². The van der Waals surface area contributed by atoms with Gasteiger partial charge in [0.1, 0.15) is 5.65 Å². The first-order valence-corrected chi connectivity index (χ1v) is 3.82. The Labute approximate surface area is 71.6 Å². The zero-order chi connectivity index (χ0) is 7.68. The summed E-state index contributed by atoms with van der Waals surface area (Å²) < 4.78 is 2.04. The van der Waals surface area contributed by atoms with Gasteiger partial charge in [-0.1, -0.05) is 13.0 Å². The van der Waals surface area contributed by atoms with E-state index in [9.17, 15) is 0 Å². The molecule has 3 heteroatoms. The Hall–Kier alpha value is -1.35. The number of fused-ring (bicyclic) bond motifs is 1. The summed E-state index contributed by atoms with van der Waals surface area (Å²) in [5.41, 5.74) is 2.36. The number of imidazole rings is 1. The van der Waals surface area contributed by atoms with Crippen molar-refractivity contribution in [2.24, 2.45) is 0 Å². The standard InChI is InChI=1S/C9H10N2.H3N/c1-2-8-3-4-9-10-5-6-11(9)7-8;/h3-7H,2H2,1H3;1H3. The molecule has 0 aromatic carbocycles. The molecule has 0 amide bonds. The number of rotatable bonds is 1. The fraction of sp³-hybridized carbons (Fsp3) is 0.222. The Bertz CT molecular complexity index is 365. The number of hydrogen-bond acceptors (Lipinski definition) is 2. The normalized spacial score (nSPS) is 9.75. The zero-order valence-electron chi connectivity index (χ0n) is 7.20. The van der Waals surface area contributed by atoms with Crippen LogP contribution >= 0.6 is 0 Å². The summed E-state index contributed by atoms with van der Waals surface area (Å²) in [5.74, 6) is 0. The van der Waals surface area contributed by atoms with Crippen molar-refractivity contribution in [3.63, 3.8) is 0 Å². The Morgan fingerprint density at radius 2 is 2.25 bits per heavy atom. The molecule has 2 rings (SSSR count). The van der Waals surface area contributed by atoms with Gasteiger partial charge < -0.3 is 10.6 Å². The van der Waals surface area contributed by atoms with Gasteiger partial charge in [0.2, 0.25) is 0 Å². The van der Waals surface area contributed by atoms with E-state index in [2.05, 4.69) is 24.2 Å². The van der Waals surface area contributed by atoms with Crippen molar-refractivity contribution < 1.29 is 0 Å². The second kappa shape index (κ2) is 3.36. The number of aromatic nitrogens is 2. The largest absolute Gasteiger partial charge is 0.344 e. The third-order valence-corrected chi connectivity index (χ3v) is 1.86. The molecule has 2 aromatic heterocycles. The molecule has 2 aromatic rings. The smallest absolute Gasteiger partial charge is 0.136 e. The monoisotopic (exact) mass is 163 g/mol. The minimum Gasteiger partial charge on any atom is -0.344 e. The van der Waals surface area contributed by atoms with Crippen LogP contribution in [0.5, 0.6) is 0 Å². The zero-order valence-corrected chi connectivity index (χ0v) is 7.20. The van der Waals surface area contributed by atoms with Crippen LogP contribution in [0.3, 0.4) is 0 Å². The predicted octanol–water partition coefficient (Wildman–Crippen LogP) is 2.06. The maximum Gasteiger partial charge on any atom is 0.136 e. The van der Waals surface area contributed by atoms with Crippen molar-refractivity contribution in [1.29, 1.82) is 0 Å². The molecule has 64 valence electrons. The van der Waals surface area contributed by atoms with Crippen LogP contribution in [0.2, 0.25) is 0 Å². The molecule has 2 heterocycles. The summed E-state index contributed by atoms with van der Waals surface area (Å²) in [6.45, 7) is 2.15. The average Bonchev–Trinajstić information content (AvgIpc) is 2.50. The molecule has 0 aliphatic rings. The highest BCUT2D eigenvalue weighted by molar-refractivity contribution is 5.39. The Morgan fingerprint density at radius 1 is 1.42 bits per heavy atom. The SMILES string of the molecule is CCc1ccc2nccn2c1.N. The van der Waals surface area contributed by atoms with Crippen LogP contribution in [0.4, 0.5) is 0 Å². The van der Waals surface area contributed by atoms with Crippen molar-refractivity contribution in [2.45, 2.75) is 13.3 Å². The van der Waals surface area contributed by atoms with Gasteiger partial charge in [-0.2, -0.15) is 0 Å². The van der Waals surface area contributed by atoms with Gasteiger partial charge in [0.25, 0.3) is 0 Å². The molecule has 0 saturated heterocycles. The number of aryl methyl sites for hydroxylation is 1. The van der Waals surface area contributed by atoms with Crippen LogP contribution in [0.25, 0.3) is 5.65 Å². The molecule has 0 atom stereocenters. The predicted molar refractivity (Wildman–Crippen MR) is 49.6 cm³/mol. The lowest BCUT2D eigenvalue weighted by molar-refractivity contribution is 1.07. The highest BCUT2D eigenvalue weighted by Gasteiger charge is 1.92. The number of pyridine rings is 1. The van der Waals surface area contributed by atoms with Crippen LogP contribution in [0.1, 0.15) is 12.5 Å². The van der Waals surface area contributed by atoms with Crippen LogP contribution in [-0.2, 0) is 6.42 Å². The molecular weight excluding hydrogens is 150 g/mol. The lowest BCUT2D eigenvalue weighted by Gasteiger charge is -1.96. The molecule has 0 spiro atoms. The van der Waals surface area contributed by atoms with Gasteiger partial charge in [-0.25, -0.2) is 4.98 Å². The van der Waals surface area contributed by atoms with E-state index >= 15 is 0 Å². The first-order chi connectivity index (χ1) is 5.40. The Balaban J connectivity index is 0.000000720. The molecule has 0 bridgehead atoms. The minimum atomic E-state index is 0. The Morgan fingerprint density at radius 3 is 3.00 bits per heavy atom. The van der Waals surface area contributed by atoms with Crippen molar-refractivity contribution in [1.82, 2.24) is 15.5 Å². The van der Waals surface area contributed by atoms with Crippen LogP contribution in [-0.4, -0.2) is 9.38 Å². The molecule has 3 N–H and O–H groups in total. The lowest BCUT2D eigenvalue weighted by Crippen LogP contribution is -1.86. The van der Waals surface area contributed by atoms with Crippen LogP contribution in [0, 0.1) is 0 Å². The van der Waals surface area contributed by atoms with Crippen molar-refractivity contribution in [2.75, 3.05) is 0 Å². The summed E-state index contributed by atoms with van der Waals surface area (Å²) in [6, 6.07) is 4.15. The van der Waals surface area contributed by atoms with Gasteiger partial charge in [-0.15, -0.1) is 0 Å². The minimum absolute atomic E-state index is 0. The highest BCUT2D eigenvalue weighted by atomic mass is 15.0. The van der Waals surface area contributed by atoms with E-state index < -0.39 is 0 Å². The molecule has 3 nitrogen and oxygen atoms in total. The first kappa shape index (κ1) is 8.74. The van der Waals surface area contributed by atoms with E-state index in [1.54, 1.807) is 0 Å². The molecular formula is C9H13N3. The van der Waals surface area contributed by atoms with Crippen molar-refractivity contribution >= 4 is 5.65 Å². The molecule has 0 aliphatic heterocycles. The molecule has 0 fully saturated rings. The number of hydrogen-bond donors (Lipinski definition) is 1. The maximum atomic E-state index is 4.16. The van der Waals surface area contributed by atoms with Gasteiger partial charge in [-0.3, -0.25) is 0 Å². The van der Waals surface area contributed by atoms with E-state index in [1.807, 2.05) is 22.9 Å². The van der Waals surface area contributed by atoms with E-state index in [0.29, 0.717) is 0 Å². The van der Waals surface area contributed by atoms with Gasteiger partial charge in [0.15, 0.2) is 0 Å². The summed E-state index contributed by atoms with van der Waals surface area (Å²) in [4.78, 5) is 4.16. The molecule has 12 heavy (non-hydrogen) atoms. The van der Waals surface area contributed by atoms with Crippen molar-refractivity contribution in [3.05, 3.63) is 36.3 Å². The second-order valence-corrected chi connectivity index (χ2v) is 2.58. The topological polar surface area (TPSA) is 52.3 Å². The fourth-order valence-corrected chi connectivity index (χ4v) is 1.18. The summed E-state index contributed by atoms with van der Waals surface area (Å²) in [6.07, 6.45) is 6.97. The summed E-state index contributed by atoms with van der Waals surface area (Å²) >= 11 is 0. The maximum absolute atomic E-state index is 4.16. The highest BCUT2D eigenvalue weighted by Crippen LogP contribution is 2.04. The van der Waals surface area contributed by atoms with Gasteiger partial charge in [0.05, 0.1) is 0 Å². The summed E-state index contributed by atoms with van der Waals surface area (Å²) in [5, 5.41) is 0. The summed E-state index contributed by atoms with van der Waals surface area (Å²) in [7, 11) is 0. The van der Waals surface area contributed by atoms with Crippen molar-refractivity contribution in [3.8, 4) is 0 Å². The van der Waals surface area contributed by atoms with E-state index in [1.165, 1.54) is 5.56 Å². The van der Waals surface area contributed by atoms with E-state index in [0.717, 1.165) is 12.1 Å². The quantitative estimate of drug-likeness (QED) is 0.699. The third-order valence-electron chi connectivity index (χ3n) is 1.86. The van der Waals surface area contributed by atoms with Gasteiger partial charge >= 0.3 is 0 Å². The Kier molecular flexibility index (Phi) is 2.45. The second-order valence-electron chi connectivity index (χ2n) is 2.58. The third kappa shape index (κ3) is 1.31. The van der Waals surface area contributed by atoms with Crippen LogP contribution < -0.4 is 6.15 Å². The lowest BCUT2D eigenvalue weighted by atomic mass is 10.2. The van der Waals surface area contributed by atoms with E-state index in [-0.39, 0.29) is 6.15 Å².